The van der Waals surface area contributed by atoms with Crippen LogP contribution >= 0.6 is 0 Å². The number of anilines is 1. The number of amides is 1. The Labute approximate surface area is 160 Å². The molecule has 0 fully saturated rings. The maximum atomic E-state index is 13.3. The fourth-order valence-corrected chi connectivity index (χ4v) is 4.90. The van der Waals surface area contributed by atoms with Crippen molar-refractivity contribution in [2.45, 2.75) is 45.2 Å². The van der Waals surface area contributed by atoms with Crippen LogP contribution < -0.4 is 5.32 Å². The highest BCUT2D eigenvalue weighted by atomic mass is 32.2. The Morgan fingerprint density at radius 1 is 1.07 bits per heavy atom. The van der Waals surface area contributed by atoms with E-state index in [4.69, 9.17) is 0 Å². The summed E-state index contributed by atoms with van der Waals surface area (Å²) in [5.41, 5.74) is 3.61. The van der Waals surface area contributed by atoms with Gasteiger partial charge in [0.15, 0.2) is 0 Å². The number of nitrogens with zero attached hydrogens (tertiary/aromatic N) is 1. The fourth-order valence-electron chi connectivity index (χ4n) is 3.25. The molecule has 0 unspecified atom stereocenters. The summed E-state index contributed by atoms with van der Waals surface area (Å²) in [5, 5.41) is 2.79. The Bertz CT molecular complexity index is 1000. The second kappa shape index (κ2) is 7.29. The van der Waals surface area contributed by atoms with E-state index >= 15 is 0 Å². The molecule has 1 aliphatic rings. The molecular formula is C21H24N2O3S. The van der Waals surface area contributed by atoms with Gasteiger partial charge in [0.05, 0.1) is 4.90 Å². The van der Waals surface area contributed by atoms with Crippen LogP contribution in [0.1, 0.15) is 38.8 Å². The van der Waals surface area contributed by atoms with Crippen molar-refractivity contribution in [2.24, 2.45) is 0 Å². The normalized spacial score (nSPS) is 13.9. The molecule has 27 heavy (non-hydrogen) atoms. The number of hydrogen-bond acceptors (Lipinski definition) is 3. The third-order valence-electron chi connectivity index (χ3n) is 4.60. The number of allylic oxidation sites excluding steroid dienone is 1. The summed E-state index contributed by atoms with van der Waals surface area (Å²) in [6, 6.07) is 14.2. The van der Waals surface area contributed by atoms with Crippen LogP contribution in [0.2, 0.25) is 0 Å². The lowest BCUT2D eigenvalue weighted by Crippen LogP contribution is -2.36. The molecule has 0 saturated heterocycles. The van der Waals surface area contributed by atoms with Gasteiger partial charge in [-0.15, -0.1) is 0 Å². The van der Waals surface area contributed by atoms with E-state index in [9.17, 15) is 13.2 Å². The molecular weight excluding hydrogens is 360 g/mol. The molecule has 0 spiro atoms. The van der Waals surface area contributed by atoms with Crippen molar-refractivity contribution >= 4 is 27.2 Å². The number of nitrogens with one attached hydrogen (secondary N) is 1. The van der Waals surface area contributed by atoms with Crippen LogP contribution in [-0.2, 0) is 21.4 Å². The van der Waals surface area contributed by atoms with Crippen LogP contribution in [0.15, 0.2) is 59.0 Å². The molecule has 0 saturated carbocycles. The quantitative estimate of drug-likeness (QED) is 0.792. The first-order valence-electron chi connectivity index (χ1n) is 8.91. The third-order valence-corrected chi connectivity index (χ3v) is 6.62. The molecule has 0 radical (unpaired) electrons. The number of fused-ring (bicyclic) bond motifs is 1. The Balaban J connectivity index is 2.04. The van der Waals surface area contributed by atoms with E-state index < -0.39 is 10.0 Å². The van der Waals surface area contributed by atoms with Crippen LogP contribution in [0.25, 0.3) is 5.57 Å². The van der Waals surface area contributed by atoms with Crippen molar-refractivity contribution < 1.29 is 13.2 Å². The second-order valence-electron chi connectivity index (χ2n) is 7.17. The zero-order valence-electron chi connectivity index (χ0n) is 16.0. The minimum atomic E-state index is -3.72. The van der Waals surface area contributed by atoms with Gasteiger partial charge in [0.1, 0.15) is 0 Å². The SMILES string of the molecule is CC(C)=C1C(=O)Nc2ccc(S(=O)(=O)N(Cc3ccccc3)C(C)C)cc21. The molecule has 5 nitrogen and oxygen atoms in total. The minimum absolute atomic E-state index is 0.190. The summed E-state index contributed by atoms with van der Waals surface area (Å²) in [5.74, 6) is -0.190. The van der Waals surface area contributed by atoms with Gasteiger partial charge in [-0.2, -0.15) is 4.31 Å². The van der Waals surface area contributed by atoms with Gasteiger partial charge in [0.25, 0.3) is 5.91 Å². The summed E-state index contributed by atoms with van der Waals surface area (Å²) in [7, 11) is -3.72. The van der Waals surface area contributed by atoms with E-state index in [2.05, 4.69) is 5.32 Å². The number of rotatable bonds is 5. The molecule has 1 heterocycles. The molecule has 3 rings (SSSR count). The topological polar surface area (TPSA) is 66.5 Å². The predicted molar refractivity (Wildman–Crippen MR) is 108 cm³/mol. The van der Waals surface area contributed by atoms with Crippen molar-refractivity contribution in [2.75, 3.05) is 5.32 Å². The molecule has 2 aromatic carbocycles. The molecule has 1 aliphatic heterocycles. The summed E-state index contributed by atoms with van der Waals surface area (Å²) >= 11 is 0. The van der Waals surface area contributed by atoms with Crippen LogP contribution in [0.3, 0.4) is 0 Å². The van der Waals surface area contributed by atoms with Crippen LogP contribution in [0.5, 0.6) is 0 Å². The van der Waals surface area contributed by atoms with Crippen molar-refractivity contribution in [3.05, 3.63) is 65.2 Å². The fraction of sp³-hybridized carbons (Fsp3) is 0.286. The van der Waals surface area contributed by atoms with E-state index in [-0.39, 0.29) is 16.8 Å². The Hall–Kier alpha value is -2.44. The maximum absolute atomic E-state index is 13.3. The van der Waals surface area contributed by atoms with E-state index in [1.54, 1.807) is 18.2 Å². The van der Waals surface area contributed by atoms with Crippen LogP contribution in [-0.4, -0.2) is 24.7 Å². The summed E-state index contributed by atoms with van der Waals surface area (Å²) in [4.78, 5) is 12.4. The third kappa shape index (κ3) is 3.68. The van der Waals surface area contributed by atoms with Gasteiger partial charge < -0.3 is 5.32 Å². The van der Waals surface area contributed by atoms with Gasteiger partial charge in [-0.05, 0) is 51.5 Å². The van der Waals surface area contributed by atoms with Crippen LogP contribution in [0.4, 0.5) is 5.69 Å². The smallest absolute Gasteiger partial charge is 0.256 e. The highest BCUT2D eigenvalue weighted by molar-refractivity contribution is 7.89. The number of carbonyl (C=O) groups excluding carboxylic acids is 1. The number of hydrogen-bond donors (Lipinski definition) is 1. The Kier molecular flexibility index (Phi) is 5.22. The molecule has 6 heteroatoms. The van der Waals surface area contributed by atoms with Crippen LogP contribution in [0, 0.1) is 0 Å². The molecule has 0 aromatic heterocycles. The zero-order valence-corrected chi connectivity index (χ0v) is 16.8. The largest absolute Gasteiger partial charge is 0.321 e. The average molecular weight is 385 g/mol. The zero-order chi connectivity index (χ0) is 19.8. The summed E-state index contributed by atoms with van der Waals surface area (Å²) in [6.07, 6.45) is 0. The van der Waals surface area contributed by atoms with E-state index in [1.165, 1.54) is 4.31 Å². The van der Waals surface area contributed by atoms with Crippen molar-refractivity contribution in [1.82, 2.24) is 4.31 Å². The van der Waals surface area contributed by atoms with Gasteiger partial charge in [-0.3, -0.25) is 4.79 Å². The minimum Gasteiger partial charge on any atom is -0.321 e. The molecule has 142 valence electrons. The van der Waals surface area contributed by atoms with Crippen molar-refractivity contribution in [3.8, 4) is 0 Å². The average Bonchev–Trinajstić information content (AvgIpc) is 2.95. The van der Waals surface area contributed by atoms with Gasteiger partial charge in [-0.25, -0.2) is 8.42 Å². The second-order valence-corrected chi connectivity index (χ2v) is 9.06. The van der Waals surface area contributed by atoms with Gasteiger partial charge in [0, 0.05) is 29.4 Å². The van der Waals surface area contributed by atoms with Crippen molar-refractivity contribution in [1.29, 1.82) is 0 Å². The highest BCUT2D eigenvalue weighted by Gasteiger charge is 2.31. The lowest BCUT2D eigenvalue weighted by molar-refractivity contribution is -0.110. The molecule has 0 bridgehead atoms. The maximum Gasteiger partial charge on any atom is 0.256 e. The lowest BCUT2D eigenvalue weighted by atomic mass is 10.0. The summed E-state index contributed by atoms with van der Waals surface area (Å²) in [6.45, 7) is 7.72. The Morgan fingerprint density at radius 2 is 1.74 bits per heavy atom. The molecule has 1 amide bonds. The monoisotopic (exact) mass is 384 g/mol. The Morgan fingerprint density at radius 3 is 2.33 bits per heavy atom. The van der Waals surface area contributed by atoms with E-state index in [0.29, 0.717) is 23.4 Å². The molecule has 1 N–H and O–H groups in total. The molecule has 0 atom stereocenters. The predicted octanol–water partition coefficient (Wildman–Crippen LogP) is 4.03. The number of benzene rings is 2. The van der Waals surface area contributed by atoms with E-state index in [1.807, 2.05) is 58.0 Å². The lowest BCUT2D eigenvalue weighted by Gasteiger charge is -2.26. The number of sulfonamides is 1. The first-order valence-corrected chi connectivity index (χ1v) is 10.3. The first-order chi connectivity index (χ1) is 12.7. The standard InChI is InChI=1S/C21H24N2O3S/c1-14(2)20-18-12-17(10-11-19(18)22-21(20)24)27(25,26)23(15(3)4)13-16-8-6-5-7-9-16/h5-12,15H,13H2,1-4H3,(H,22,24). The van der Waals surface area contributed by atoms with Crippen molar-refractivity contribution in [3.63, 3.8) is 0 Å². The van der Waals surface area contributed by atoms with Gasteiger partial charge >= 0.3 is 0 Å². The molecule has 0 aliphatic carbocycles. The molecule has 2 aromatic rings. The first kappa shape index (κ1) is 19.3. The number of carbonyl (C=O) groups is 1. The van der Waals surface area contributed by atoms with Gasteiger partial charge in [-0.1, -0.05) is 35.9 Å². The highest BCUT2D eigenvalue weighted by Crippen LogP contribution is 2.36. The van der Waals surface area contributed by atoms with E-state index in [0.717, 1.165) is 11.1 Å². The summed E-state index contributed by atoms with van der Waals surface area (Å²) < 4.78 is 28.2. The van der Waals surface area contributed by atoms with Gasteiger partial charge in [0.2, 0.25) is 10.0 Å².